The summed E-state index contributed by atoms with van der Waals surface area (Å²) in [6.45, 7) is 2.62. The van der Waals surface area contributed by atoms with E-state index < -0.39 is 11.8 Å². The van der Waals surface area contributed by atoms with Gasteiger partial charge in [-0.05, 0) is 37.3 Å². The monoisotopic (exact) mass is 363 g/mol. The number of nitrogens with one attached hydrogen (secondary N) is 3. The van der Waals surface area contributed by atoms with Gasteiger partial charge in [-0.3, -0.25) is 0 Å². The lowest BCUT2D eigenvalue weighted by Crippen LogP contribution is -2.33. The first-order valence-electron chi connectivity index (χ1n) is 8.41. The number of rotatable bonds is 5. The van der Waals surface area contributed by atoms with E-state index in [0.717, 1.165) is 16.5 Å². The summed E-state index contributed by atoms with van der Waals surface area (Å²) in [5.41, 5.74) is 2.43. The van der Waals surface area contributed by atoms with Gasteiger partial charge in [0.15, 0.2) is 0 Å². The Hall–Kier alpha value is -3.66. The topological polar surface area (TPSA) is 89.8 Å². The smallest absolute Gasteiger partial charge is 0.319 e. The number of para-hydroxylation sites is 1. The highest BCUT2D eigenvalue weighted by Gasteiger charge is 2.08. The van der Waals surface area contributed by atoms with Crippen LogP contribution in [0.4, 0.5) is 20.7 Å². The highest BCUT2D eigenvalue weighted by molar-refractivity contribution is 5.89. The molecule has 1 heterocycles. The second kappa shape index (κ2) is 8.15. The third-order valence-electron chi connectivity index (χ3n) is 3.92. The van der Waals surface area contributed by atoms with E-state index in [1.807, 2.05) is 25.1 Å². The third-order valence-corrected chi connectivity index (χ3v) is 3.92. The number of urea groups is 1. The molecule has 1 aromatic heterocycles. The highest BCUT2D eigenvalue weighted by atomic mass is 19.1. The van der Waals surface area contributed by atoms with Crippen molar-refractivity contribution in [3.63, 3.8) is 0 Å². The molecule has 3 rings (SSSR count). The standard InChI is InChI=1S/C20H18FN5O/c1-13-6-7-17-14(10-13)11-15(12-22)19(25-17)23-8-9-24-20(27)26-18-5-3-2-4-16(18)21/h2-7,10-11H,8-9H2,1H3,(H,23,25)(H2,24,26,27). The van der Waals surface area contributed by atoms with Gasteiger partial charge >= 0.3 is 6.03 Å². The van der Waals surface area contributed by atoms with Crippen LogP contribution in [-0.2, 0) is 0 Å². The van der Waals surface area contributed by atoms with Crippen molar-refractivity contribution in [2.75, 3.05) is 23.7 Å². The number of hydrogen-bond donors (Lipinski definition) is 3. The third kappa shape index (κ3) is 4.50. The SMILES string of the molecule is Cc1ccc2nc(NCCNC(=O)Nc3ccccc3F)c(C#N)cc2c1. The van der Waals surface area contributed by atoms with E-state index in [-0.39, 0.29) is 12.2 Å². The number of nitriles is 1. The van der Waals surface area contributed by atoms with Crippen molar-refractivity contribution >= 4 is 28.4 Å². The Bertz CT molecular complexity index is 1030. The Labute approximate surface area is 156 Å². The zero-order chi connectivity index (χ0) is 19.2. The number of anilines is 2. The second-order valence-electron chi connectivity index (χ2n) is 5.98. The number of nitrogens with zero attached hydrogens (tertiary/aromatic N) is 2. The number of pyridine rings is 1. The number of aryl methyl sites for hydroxylation is 1. The van der Waals surface area contributed by atoms with E-state index in [1.54, 1.807) is 18.2 Å². The number of benzene rings is 2. The van der Waals surface area contributed by atoms with E-state index >= 15 is 0 Å². The number of amides is 2. The van der Waals surface area contributed by atoms with Crippen molar-refractivity contribution in [3.8, 4) is 6.07 Å². The molecule has 2 aromatic carbocycles. The Balaban J connectivity index is 1.57. The molecule has 0 saturated heterocycles. The van der Waals surface area contributed by atoms with Crippen molar-refractivity contribution in [1.82, 2.24) is 10.3 Å². The van der Waals surface area contributed by atoms with Gasteiger partial charge in [-0.2, -0.15) is 5.26 Å². The molecule has 0 saturated carbocycles. The number of carbonyl (C=O) groups is 1. The van der Waals surface area contributed by atoms with Crippen LogP contribution in [-0.4, -0.2) is 24.1 Å². The summed E-state index contributed by atoms with van der Waals surface area (Å²) in [4.78, 5) is 16.3. The van der Waals surface area contributed by atoms with Crippen molar-refractivity contribution in [1.29, 1.82) is 5.26 Å². The fourth-order valence-corrected chi connectivity index (χ4v) is 2.60. The van der Waals surface area contributed by atoms with E-state index in [9.17, 15) is 14.4 Å². The first-order chi connectivity index (χ1) is 13.1. The molecule has 0 aliphatic heterocycles. The fraction of sp³-hybridized carbons (Fsp3) is 0.150. The maximum absolute atomic E-state index is 13.5. The van der Waals surface area contributed by atoms with Gasteiger partial charge in [0.25, 0.3) is 0 Å². The molecule has 0 unspecified atom stereocenters. The Kier molecular flexibility index (Phi) is 5.47. The average Bonchev–Trinajstić information content (AvgIpc) is 2.66. The number of carbonyl (C=O) groups excluding carboxylic acids is 1. The normalized spacial score (nSPS) is 10.3. The van der Waals surface area contributed by atoms with Crippen LogP contribution < -0.4 is 16.0 Å². The lowest BCUT2D eigenvalue weighted by atomic mass is 10.1. The molecule has 0 bridgehead atoms. The zero-order valence-corrected chi connectivity index (χ0v) is 14.7. The average molecular weight is 363 g/mol. The van der Waals surface area contributed by atoms with Crippen LogP contribution in [0.5, 0.6) is 0 Å². The molecule has 27 heavy (non-hydrogen) atoms. The van der Waals surface area contributed by atoms with E-state index in [1.165, 1.54) is 12.1 Å². The summed E-state index contributed by atoms with van der Waals surface area (Å²) in [6.07, 6.45) is 0. The molecule has 6 nitrogen and oxygen atoms in total. The maximum atomic E-state index is 13.5. The number of aromatic nitrogens is 1. The van der Waals surface area contributed by atoms with Gasteiger partial charge < -0.3 is 16.0 Å². The molecule has 3 N–H and O–H groups in total. The first kappa shape index (κ1) is 18.1. The second-order valence-corrected chi connectivity index (χ2v) is 5.98. The molecule has 0 radical (unpaired) electrons. The summed E-state index contributed by atoms with van der Waals surface area (Å²) >= 11 is 0. The first-order valence-corrected chi connectivity index (χ1v) is 8.41. The van der Waals surface area contributed by atoms with Gasteiger partial charge in [0.05, 0.1) is 16.8 Å². The van der Waals surface area contributed by atoms with Gasteiger partial charge in [0, 0.05) is 18.5 Å². The highest BCUT2D eigenvalue weighted by Crippen LogP contribution is 2.20. The van der Waals surface area contributed by atoms with Crippen LogP contribution in [0, 0.1) is 24.1 Å². The van der Waals surface area contributed by atoms with Gasteiger partial charge in [-0.25, -0.2) is 14.2 Å². The fourth-order valence-electron chi connectivity index (χ4n) is 2.60. The maximum Gasteiger partial charge on any atom is 0.319 e. The van der Waals surface area contributed by atoms with Crippen LogP contribution in [0.3, 0.4) is 0 Å². The van der Waals surface area contributed by atoms with Crippen LogP contribution >= 0.6 is 0 Å². The summed E-state index contributed by atoms with van der Waals surface area (Å²) in [5, 5.41) is 18.4. The minimum atomic E-state index is -0.510. The van der Waals surface area contributed by atoms with Crippen molar-refractivity contribution in [2.45, 2.75) is 6.92 Å². The van der Waals surface area contributed by atoms with Crippen LogP contribution in [0.2, 0.25) is 0 Å². The molecule has 2 amide bonds. The molecule has 136 valence electrons. The predicted octanol–water partition coefficient (Wildman–Crippen LogP) is 3.79. The molecule has 7 heteroatoms. The Morgan fingerprint density at radius 2 is 2.00 bits per heavy atom. The molecule has 0 spiro atoms. The van der Waals surface area contributed by atoms with Gasteiger partial charge in [-0.15, -0.1) is 0 Å². The summed E-state index contributed by atoms with van der Waals surface area (Å²) in [5.74, 6) is -0.0368. The minimum absolute atomic E-state index is 0.112. The summed E-state index contributed by atoms with van der Waals surface area (Å²) in [7, 11) is 0. The quantitative estimate of drug-likeness (QED) is 0.602. The molecule has 0 atom stereocenters. The van der Waals surface area contributed by atoms with Crippen LogP contribution in [0.25, 0.3) is 10.9 Å². The molecule has 3 aromatic rings. The van der Waals surface area contributed by atoms with Gasteiger partial charge in [0.1, 0.15) is 17.7 Å². The van der Waals surface area contributed by atoms with Crippen molar-refractivity contribution in [3.05, 3.63) is 65.5 Å². The summed E-state index contributed by atoms with van der Waals surface area (Å²) in [6, 6.07) is 15.2. The van der Waals surface area contributed by atoms with Crippen molar-refractivity contribution < 1.29 is 9.18 Å². The molecule has 0 aliphatic carbocycles. The molecule has 0 fully saturated rings. The van der Waals surface area contributed by atoms with Gasteiger partial charge in [-0.1, -0.05) is 23.8 Å². The molecular weight excluding hydrogens is 345 g/mol. The van der Waals surface area contributed by atoms with E-state index in [2.05, 4.69) is 27.0 Å². The van der Waals surface area contributed by atoms with Crippen LogP contribution in [0.15, 0.2) is 48.5 Å². The zero-order valence-electron chi connectivity index (χ0n) is 14.7. The number of halogens is 1. The predicted molar refractivity (Wildman–Crippen MR) is 103 cm³/mol. The Morgan fingerprint density at radius 1 is 1.19 bits per heavy atom. The Morgan fingerprint density at radius 3 is 2.78 bits per heavy atom. The van der Waals surface area contributed by atoms with E-state index in [0.29, 0.717) is 17.9 Å². The lowest BCUT2D eigenvalue weighted by Gasteiger charge is -2.11. The molecule has 0 aliphatic rings. The number of fused-ring (bicyclic) bond motifs is 1. The summed E-state index contributed by atoms with van der Waals surface area (Å²) < 4.78 is 13.5. The van der Waals surface area contributed by atoms with Crippen LogP contribution in [0.1, 0.15) is 11.1 Å². The largest absolute Gasteiger partial charge is 0.367 e. The number of hydrogen-bond acceptors (Lipinski definition) is 4. The van der Waals surface area contributed by atoms with Gasteiger partial charge in [0.2, 0.25) is 0 Å². The molecular formula is C20H18FN5O. The van der Waals surface area contributed by atoms with E-state index in [4.69, 9.17) is 0 Å². The minimum Gasteiger partial charge on any atom is -0.367 e. The van der Waals surface area contributed by atoms with Crippen molar-refractivity contribution in [2.24, 2.45) is 0 Å². The lowest BCUT2D eigenvalue weighted by molar-refractivity contribution is 0.252.